The zero-order valence-corrected chi connectivity index (χ0v) is 10.2. The van der Waals surface area contributed by atoms with Crippen LogP contribution < -0.4 is 0 Å². The maximum Gasteiger partial charge on any atom is 0.152 e. The van der Waals surface area contributed by atoms with Crippen LogP contribution in [0.2, 0.25) is 5.02 Å². The minimum atomic E-state index is 0.521. The van der Waals surface area contributed by atoms with Crippen molar-refractivity contribution < 1.29 is 4.79 Å². The third-order valence-corrected chi connectivity index (χ3v) is 4.00. The van der Waals surface area contributed by atoms with E-state index in [9.17, 15) is 4.79 Å². The average Bonchev–Trinajstić information content (AvgIpc) is 2.61. The molecule has 72 valence electrons. The molecule has 4 heteroatoms. The molecule has 1 aromatic heterocycles. The summed E-state index contributed by atoms with van der Waals surface area (Å²) < 4.78 is 1.10. The molecule has 0 fully saturated rings. The molecule has 1 nitrogen and oxygen atoms in total. The van der Waals surface area contributed by atoms with Crippen LogP contribution in [0.3, 0.4) is 0 Å². The normalized spacial score (nSPS) is 10.7. The van der Waals surface area contributed by atoms with Crippen molar-refractivity contribution in [2.45, 2.75) is 5.33 Å². The molecule has 0 saturated carbocycles. The Morgan fingerprint density at radius 2 is 2.29 bits per heavy atom. The van der Waals surface area contributed by atoms with Gasteiger partial charge in [0.1, 0.15) is 0 Å². The highest BCUT2D eigenvalue weighted by Crippen LogP contribution is 2.33. The summed E-state index contributed by atoms with van der Waals surface area (Å²) in [5.74, 6) is 0. The Morgan fingerprint density at radius 1 is 1.50 bits per heavy atom. The number of halogens is 2. The SMILES string of the molecule is O=Cc1c(Cl)ccc2scc(CBr)c12. The zero-order chi connectivity index (χ0) is 10.1. The summed E-state index contributed by atoms with van der Waals surface area (Å²) in [6.45, 7) is 0. The standard InChI is InChI=1S/C10H6BrClOS/c11-3-6-5-14-9-2-1-8(12)7(4-13)10(6)9/h1-2,4-5H,3H2. The molecule has 0 saturated heterocycles. The largest absolute Gasteiger partial charge is 0.298 e. The van der Waals surface area contributed by atoms with Crippen molar-refractivity contribution in [3.05, 3.63) is 33.7 Å². The molecule has 0 aliphatic carbocycles. The molecule has 0 bridgehead atoms. The van der Waals surface area contributed by atoms with Gasteiger partial charge in [-0.1, -0.05) is 27.5 Å². The lowest BCUT2D eigenvalue weighted by Gasteiger charge is -2.00. The molecule has 2 rings (SSSR count). The molecule has 0 unspecified atom stereocenters. The first kappa shape index (κ1) is 10.1. The smallest absolute Gasteiger partial charge is 0.152 e. The molecule has 0 atom stereocenters. The van der Waals surface area contributed by atoms with E-state index in [2.05, 4.69) is 15.9 Å². The summed E-state index contributed by atoms with van der Waals surface area (Å²) >= 11 is 11.0. The van der Waals surface area contributed by atoms with Gasteiger partial charge in [0.15, 0.2) is 6.29 Å². The van der Waals surface area contributed by atoms with Gasteiger partial charge < -0.3 is 0 Å². The molecule has 1 heterocycles. The summed E-state index contributed by atoms with van der Waals surface area (Å²) in [5.41, 5.74) is 1.72. The van der Waals surface area contributed by atoms with E-state index >= 15 is 0 Å². The van der Waals surface area contributed by atoms with E-state index in [4.69, 9.17) is 11.6 Å². The molecule has 0 radical (unpaired) electrons. The van der Waals surface area contributed by atoms with Gasteiger partial charge in [0.05, 0.1) is 5.02 Å². The summed E-state index contributed by atoms with van der Waals surface area (Å²) in [5, 5.41) is 4.29. The topological polar surface area (TPSA) is 17.1 Å². The van der Waals surface area contributed by atoms with Gasteiger partial charge in [-0.2, -0.15) is 0 Å². The van der Waals surface area contributed by atoms with Gasteiger partial charge in [-0.15, -0.1) is 11.3 Å². The van der Waals surface area contributed by atoms with Crippen LogP contribution in [-0.2, 0) is 5.33 Å². The van der Waals surface area contributed by atoms with Crippen LogP contribution in [0.25, 0.3) is 10.1 Å². The van der Waals surface area contributed by atoms with Crippen LogP contribution in [0, 0.1) is 0 Å². The Hall–Kier alpha value is -0.380. The van der Waals surface area contributed by atoms with Crippen molar-refractivity contribution in [3.8, 4) is 0 Å². The number of hydrogen-bond acceptors (Lipinski definition) is 2. The second-order valence-corrected chi connectivity index (χ2v) is 4.73. The number of fused-ring (bicyclic) bond motifs is 1. The van der Waals surface area contributed by atoms with Gasteiger partial charge in [-0.05, 0) is 23.1 Å². The minimum absolute atomic E-state index is 0.521. The fraction of sp³-hybridized carbons (Fsp3) is 0.100. The maximum atomic E-state index is 10.9. The first-order valence-electron chi connectivity index (χ1n) is 3.97. The fourth-order valence-electron chi connectivity index (χ4n) is 1.41. The Bertz CT molecular complexity index is 492. The Kier molecular flexibility index (Phi) is 2.91. The third-order valence-electron chi connectivity index (χ3n) is 2.07. The van der Waals surface area contributed by atoms with E-state index in [1.54, 1.807) is 17.4 Å². The molecule has 0 spiro atoms. The molecule has 14 heavy (non-hydrogen) atoms. The number of carbonyl (C=O) groups is 1. The van der Waals surface area contributed by atoms with Crippen molar-refractivity contribution in [2.75, 3.05) is 0 Å². The number of aldehydes is 1. The monoisotopic (exact) mass is 288 g/mol. The van der Waals surface area contributed by atoms with E-state index < -0.39 is 0 Å². The van der Waals surface area contributed by atoms with Crippen LogP contribution in [-0.4, -0.2) is 6.29 Å². The fourth-order valence-corrected chi connectivity index (χ4v) is 3.25. The third kappa shape index (κ3) is 1.49. The van der Waals surface area contributed by atoms with Gasteiger partial charge in [0.25, 0.3) is 0 Å². The lowest BCUT2D eigenvalue weighted by molar-refractivity contribution is 0.112. The zero-order valence-electron chi connectivity index (χ0n) is 7.09. The lowest BCUT2D eigenvalue weighted by atomic mass is 10.1. The van der Waals surface area contributed by atoms with Gasteiger partial charge in [0, 0.05) is 21.0 Å². The van der Waals surface area contributed by atoms with Crippen LogP contribution in [0.15, 0.2) is 17.5 Å². The second-order valence-electron chi connectivity index (χ2n) is 2.85. The van der Waals surface area contributed by atoms with Gasteiger partial charge in [0.2, 0.25) is 0 Å². The number of benzene rings is 1. The van der Waals surface area contributed by atoms with Gasteiger partial charge >= 0.3 is 0 Å². The highest BCUT2D eigenvalue weighted by atomic mass is 79.9. The number of hydrogen-bond donors (Lipinski definition) is 0. The molecule has 2 aromatic rings. The Morgan fingerprint density at radius 3 is 2.93 bits per heavy atom. The van der Waals surface area contributed by atoms with E-state index in [1.165, 1.54) is 0 Å². The Balaban J connectivity index is 2.88. The molecule has 0 aliphatic heterocycles. The quantitative estimate of drug-likeness (QED) is 0.596. The highest BCUT2D eigenvalue weighted by molar-refractivity contribution is 9.08. The van der Waals surface area contributed by atoms with E-state index in [-0.39, 0.29) is 0 Å². The number of thiophene rings is 1. The summed E-state index contributed by atoms with van der Waals surface area (Å²) in [4.78, 5) is 10.9. The number of rotatable bonds is 2. The van der Waals surface area contributed by atoms with E-state index in [1.807, 2.05) is 11.4 Å². The molecule has 1 aromatic carbocycles. The molecule has 0 amide bonds. The van der Waals surface area contributed by atoms with Crippen LogP contribution >= 0.6 is 38.9 Å². The summed E-state index contributed by atoms with van der Waals surface area (Å²) in [6.07, 6.45) is 0.823. The number of alkyl halides is 1. The van der Waals surface area contributed by atoms with Crippen LogP contribution in [0.5, 0.6) is 0 Å². The molecular formula is C10H6BrClOS. The van der Waals surface area contributed by atoms with Crippen molar-refractivity contribution in [1.82, 2.24) is 0 Å². The lowest BCUT2D eigenvalue weighted by Crippen LogP contribution is -1.85. The maximum absolute atomic E-state index is 10.9. The molecule has 0 N–H and O–H groups in total. The number of carbonyl (C=O) groups excluding carboxylic acids is 1. The second kappa shape index (κ2) is 4.01. The van der Waals surface area contributed by atoms with Gasteiger partial charge in [-0.25, -0.2) is 0 Å². The first-order chi connectivity index (χ1) is 6.77. The molecular weight excluding hydrogens is 284 g/mol. The van der Waals surface area contributed by atoms with Crippen molar-refractivity contribution in [3.63, 3.8) is 0 Å². The van der Waals surface area contributed by atoms with Gasteiger partial charge in [-0.3, -0.25) is 4.79 Å². The first-order valence-corrected chi connectivity index (χ1v) is 6.35. The summed E-state index contributed by atoms with van der Waals surface area (Å²) in [7, 11) is 0. The summed E-state index contributed by atoms with van der Waals surface area (Å²) in [6, 6.07) is 3.71. The van der Waals surface area contributed by atoms with E-state index in [0.717, 1.165) is 27.3 Å². The van der Waals surface area contributed by atoms with E-state index in [0.29, 0.717) is 10.6 Å². The average molecular weight is 290 g/mol. The highest BCUT2D eigenvalue weighted by Gasteiger charge is 2.10. The van der Waals surface area contributed by atoms with Crippen LogP contribution in [0.1, 0.15) is 15.9 Å². The minimum Gasteiger partial charge on any atom is -0.298 e. The molecule has 0 aliphatic rings. The van der Waals surface area contributed by atoms with Crippen molar-refractivity contribution >= 4 is 55.2 Å². The van der Waals surface area contributed by atoms with Crippen molar-refractivity contribution in [1.29, 1.82) is 0 Å². The van der Waals surface area contributed by atoms with Crippen molar-refractivity contribution in [2.24, 2.45) is 0 Å². The van der Waals surface area contributed by atoms with Crippen LogP contribution in [0.4, 0.5) is 0 Å². The Labute approximate surface area is 98.8 Å². The predicted molar refractivity (Wildman–Crippen MR) is 64.9 cm³/mol. The predicted octanol–water partition coefficient (Wildman–Crippen LogP) is 4.26.